The fraction of sp³-hybridized carbons (Fsp3) is 0.0156. The van der Waals surface area contributed by atoms with E-state index in [1.165, 1.54) is 16.5 Å². The molecule has 6 heteroatoms. The van der Waals surface area contributed by atoms with Gasteiger partial charge in [-0.2, -0.15) is 9.97 Å². The third-order valence-corrected chi connectivity index (χ3v) is 13.6. The number of allylic oxidation sites excluding steroid dienone is 2. The third-order valence-electron chi connectivity index (χ3n) is 13.6. The van der Waals surface area contributed by atoms with Crippen molar-refractivity contribution in [2.45, 2.75) is 6.92 Å². The maximum atomic E-state index is 6.61. The van der Waals surface area contributed by atoms with E-state index in [9.17, 15) is 0 Å². The second kappa shape index (κ2) is 16.7. The highest BCUT2D eigenvalue weighted by Gasteiger charge is 2.21. The van der Waals surface area contributed by atoms with Gasteiger partial charge in [0.25, 0.3) is 0 Å². The first-order valence-corrected chi connectivity index (χ1v) is 23.5. The van der Waals surface area contributed by atoms with Crippen LogP contribution >= 0.6 is 0 Å². The van der Waals surface area contributed by atoms with Crippen molar-refractivity contribution in [3.63, 3.8) is 0 Å². The molecule has 70 heavy (non-hydrogen) atoms. The summed E-state index contributed by atoms with van der Waals surface area (Å²) in [4.78, 5) is 15.2. The Morgan fingerprint density at radius 3 is 1.73 bits per heavy atom. The number of hydrogen-bond donors (Lipinski definition) is 0. The zero-order chi connectivity index (χ0) is 46.7. The molecule has 6 nitrogen and oxygen atoms in total. The summed E-state index contributed by atoms with van der Waals surface area (Å²) in [5.41, 5.74) is 17.0. The molecule has 4 aromatic heterocycles. The van der Waals surface area contributed by atoms with Gasteiger partial charge in [-0.3, -0.25) is 4.57 Å². The van der Waals surface area contributed by atoms with Crippen molar-refractivity contribution in [3.05, 3.63) is 242 Å². The van der Waals surface area contributed by atoms with E-state index < -0.39 is 0 Å². The molecule has 0 N–H and O–H groups in total. The van der Waals surface area contributed by atoms with Crippen molar-refractivity contribution in [1.29, 1.82) is 0 Å². The Balaban J connectivity index is 0.938. The van der Waals surface area contributed by atoms with E-state index in [1.807, 2.05) is 72.8 Å². The third kappa shape index (κ3) is 6.84. The molecule has 0 aliphatic carbocycles. The molecule has 0 saturated heterocycles. The molecule has 0 spiro atoms. The minimum atomic E-state index is 0.566. The molecule has 13 aromatic rings. The Morgan fingerprint density at radius 1 is 0.429 bits per heavy atom. The molecule has 9 aromatic carbocycles. The zero-order valence-electron chi connectivity index (χ0n) is 38.3. The average Bonchev–Trinajstić information content (AvgIpc) is 4.06. The summed E-state index contributed by atoms with van der Waals surface area (Å²) in [7, 11) is 0. The lowest BCUT2D eigenvalue weighted by Gasteiger charge is -2.11. The van der Waals surface area contributed by atoms with Crippen molar-refractivity contribution >= 4 is 60.7 Å². The van der Waals surface area contributed by atoms with Gasteiger partial charge in [0, 0.05) is 55.0 Å². The van der Waals surface area contributed by atoms with Gasteiger partial charge in [0.1, 0.15) is 11.2 Å². The minimum Gasteiger partial charge on any atom is -0.456 e. The van der Waals surface area contributed by atoms with Gasteiger partial charge >= 0.3 is 0 Å². The van der Waals surface area contributed by atoms with Crippen molar-refractivity contribution in [3.8, 4) is 67.8 Å². The van der Waals surface area contributed by atoms with E-state index in [0.29, 0.717) is 17.6 Å². The van der Waals surface area contributed by atoms with E-state index in [2.05, 4.69) is 180 Å². The van der Waals surface area contributed by atoms with Crippen LogP contribution in [0.15, 0.2) is 235 Å². The molecule has 0 aliphatic heterocycles. The fourth-order valence-corrected chi connectivity index (χ4v) is 10.3. The highest BCUT2D eigenvalue weighted by molar-refractivity contribution is 6.15. The quantitative estimate of drug-likeness (QED) is 0.135. The van der Waals surface area contributed by atoms with Gasteiger partial charge < -0.3 is 8.98 Å². The lowest BCUT2D eigenvalue weighted by atomic mass is 9.96. The van der Waals surface area contributed by atoms with Crippen LogP contribution in [0.3, 0.4) is 0 Å². The molecule has 0 amide bonds. The number of furan rings is 1. The molecule has 0 radical (unpaired) electrons. The molecule has 330 valence electrons. The predicted molar refractivity (Wildman–Crippen MR) is 289 cm³/mol. The molecule has 0 unspecified atom stereocenters. The fourth-order valence-electron chi connectivity index (χ4n) is 10.3. The first-order valence-electron chi connectivity index (χ1n) is 23.5. The first-order chi connectivity index (χ1) is 34.6. The van der Waals surface area contributed by atoms with Crippen LogP contribution in [-0.2, 0) is 0 Å². The summed E-state index contributed by atoms with van der Waals surface area (Å²) in [5.74, 6) is 1.81. The average molecular weight is 898 g/mol. The summed E-state index contributed by atoms with van der Waals surface area (Å²) < 4.78 is 11.2. The molecule has 4 heterocycles. The van der Waals surface area contributed by atoms with Crippen LogP contribution in [0.1, 0.15) is 11.3 Å². The van der Waals surface area contributed by atoms with Gasteiger partial charge in [-0.1, -0.05) is 176 Å². The van der Waals surface area contributed by atoms with Gasteiger partial charge in [0.15, 0.2) is 11.6 Å². The zero-order valence-corrected chi connectivity index (χ0v) is 38.3. The van der Waals surface area contributed by atoms with Crippen LogP contribution in [-0.4, -0.2) is 24.1 Å². The van der Waals surface area contributed by atoms with E-state index in [4.69, 9.17) is 19.4 Å². The van der Waals surface area contributed by atoms with E-state index in [-0.39, 0.29) is 0 Å². The number of rotatable bonds is 9. The number of para-hydroxylation sites is 1. The van der Waals surface area contributed by atoms with Gasteiger partial charge in [-0.25, -0.2) is 4.98 Å². The molecular formula is C64H43N5O. The molecule has 0 atom stereocenters. The molecule has 0 bridgehead atoms. The molecule has 13 rings (SSSR count). The summed E-state index contributed by atoms with van der Waals surface area (Å²) in [6, 6.07) is 74.5. The highest BCUT2D eigenvalue weighted by atomic mass is 16.3. The maximum absolute atomic E-state index is 6.61. The largest absolute Gasteiger partial charge is 0.456 e. The Morgan fingerprint density at radius 2 is 1.00 bits per heavy atom. The van der Waals surface area contributed by atoms with Crippen LogP contribution in [0.25, 0.3) is 129 Å². The van der Waals surface area contributed by atoms with Gasteiger partial charge in [0.2, 0.25) is 5.95 Å². The van der Waals surface area contributed by atoms with Crippen molar-refractivity contribution < 1.29 is 4.42 Å². The Labute approximate surface area is 404 Å². The summed E-state index contributed by atoms with van der Waals surface area (Å²) in [6.07, 6.45) is 6.04. The normalized spacial score (nSPS) is 11.8. The Hall–Kier alpha value is -9.39. The number of aromatic nitrogens is 5. The van der Waals surface area contributed by atoms with Crippen molar-refractivity contribution in [2.75, 3.05) is 0 Å². The summed E-state index contributed by atoms with van der Waals surface area (Å²) >= 11 is 0. The molecule has 0 fully saturated rings. The Kier molecular flexibility index (Phi) is 9.77. The number of nitrogens with zero attached hydrogens (tertiary/aromatic N) is 5. The Bertz CT molecular complexity index is 4140. The van der Waals surface area contributed by atoms with Crippen LogP contribution in [0, 0.1) is 6.92 Å². The number of fused-ring (bicyclic) bond motifs is 7. The number of benzene rings is 9. The van der Waals surface area contributed by atoms with Crippen LogP contribution in [0.4, 0.5) is 0 Å². The van der Waals surface area contributed by atoms with Gasteiger partial charge in [-0.15, -0.1) is 0 Å². The lowest BCUT2D eigenvalue weighted by Crippen LogP contribution is -2.06. The van der Waals surface area contributed by atoms with Crippen LogP contribution in [0.5, 0.6) is 0 Å². The molecule has 0 aliphatic rings. The number of hydrogen-bond acceptors (Lipinski definition) is 4. The van der Waals surface area contributed by atoms with Gasteiger partial charge in [0.05, 0.1) is 16.6 Å². The standard InChI is InChI=1S/C64H43N5O/c1-3-4-26-50-41(2)68(49-25-16-24-45(37-49)42-18-8-5-9-19-42)57-35-32-48(40-53(50)57)51-28-17-30-60-61(51)55-39-47(33-36-59(55)70-60)46-31-34-58-54(38-46)52-27-14-15-29-56(52)69(58)64-66-62(43-20-10-6-11-21-43)65-63(67-64)44-22-12-7-13-23-44/h3-40H,1H2,2H3/b26-4-. The van der Waals surface area contributed by atoms with Crippen LogP contribution < -0.4 is 0 Å². The summed E-state index contributed by atoms with van der Waals surface area (Å²) in [5, 5.41) is 5.55. The highest BCUT2D eigenvalue weighted by Crippen LogP contribution is 2.42. The monoisotopic (exact) mass is 897 g/mol. The van der Waals surface area contributed by atoms with E-state index in [1.54, 1.807) is 0 Å². The van der Waals surface area contributed by atoms with E-state index in [0.717, 1.165) is 99.6 Å². The topological polar surface area (TPSA) is 61.7 Å². The minimum absolute atomic E-state index is 0.566. The first kappa shape index (κ1) is 40.8. The summed E-state index contributed by atoms with van der Waals surface area (Å²) in [6.45, 7) is 6.20. The SMILES string of the molecule is C=C/C=C\c1c(C)n(-c2cccc(-c3ccccc3)c2)c2ccc(-c3cccc4oc5ccc(-c6ccc7c(c6)c6ccccc6n7-c6nc(-c7ccccc7)nc(-c7ccccc7)n6)cc5c34)cc12. The maximum Gasteiger partial charge on any atom is 0.238 e. The van der Waals surface area contributed by atoms with Crippen molar-refractivity contribution in [2.24, 2.45) is 0 Å². The van der Waals surface area contributed by atoms with Crippen LogP contribution in [0.2, 0.25) is 0 Å². The van der Waals surface area contributed by atoms with Gasteiger partial charge in [-0.05, 0) is 101 Å². The van der Waals surface area contributed by atoms with E-state index >= 15 is 0 Å². The predicted octanol–water partition coefficient (Wildman–Crippen LogP) is 16.7. The second-order valence-corrected chi connectivity index (χ2v) is 17.7. The molecular weight excluding hydrogens is 855 g/mol. The smallest absolute Gasteiger partial charge is 0.238 e. The second-order valence-electron chi connectivity index (χ2n) is 17.7. The van der Waals surface area contributed by atoms with Crippen molar-refractivity contribution in [1.82, 2.24) is 24.1 Å². The lowest BCUT2D eigenvalue weighted by molar-refractivity contribution is 0.669. The molecule has 0 saturated carbocycles.